The standard InChI is InChI=1S/C11H10ClNO2/c1-3-7(2)13-11(15)9-6-8(14)4-5-10(9)12/h1,4-7,14H,2H3,(H,13,15). The predicted molar refractivity (Wildman–Crippen MR) is 58.9 cm³/mol. The molecule has 0 spiro atoms. The fourth-order valence-corrected chi connectivity index (χ4v) is 1.21. The monoisotopic (exact) mass is 223 g/mol. The van der Waals surface area contributed by atoms with Crippen LogP contribution in [0.1, 0.15) is 17.3 Å². The molecule has 0 fully saturated rings. The summed E-state index contributed by atoms with van der Waals surface area (Å²) in [7, 11) is 0. The van der Waals surface area contributed by atoms with E-state index in [1.54, 1.807) is 6.92 Å². The van der Waals surface area contributed by atoms with Crippen molar-refractivity contribution in [1.82, 2.24) is 5.32 Å². The fourth-order valence-electron chi connectivity index (χ4n) is 1.00. The molecule has 4 heteroatoms. The smallest absolute Gasteiger partial charge is 0.253 e. The van der Waals surface area contributed by atoms with Crippen molar-refractivity contribution in [3.63, 3.8) is 0 Å². The van der Waals surface area contributed by atoms with Crippen molar-refractivity contribution in [2.75, 3.05) is 0 Å². The molecule has 0 aromatic heterocycles. The molecule has 1 unspecified atom stereocenters. The summed E-state index contributed by atoms with van der Waals surface area (Å²) in [6.45, 7) is 1.68. The molecule has 1 amide bonds. The number of hydrogen-bond donors (Lipinski definition) is 2. The molecule has 0 bridgehead atoms. The van der Waals surface area contributed by atoms with Gasteiger partial charge in [0.1, 0.15) is 5.75 Å². The Balaban J connectivity index is 2.92. The van der Waals surface area contributed by atoms with E-state index in [4.69, 9.17) is 18.0 Å². The molecule has 0 aliphatic rings. The second-order valence-electron chi connectivity index (χ2n) is 3.03. The highest BCUT2D eigenvalue weighted by molar-refractivity contribution is 6.33. The molecule has 1 atom stereocenters. The summed E-state index contributed by atoms with van der Waals surface area (Å²) in [6.07, 6.45) is 5.12. The number of hydrogen-bond acceptors (Lipinski definition) is 2. The number of nitrogens with one attached hydrogen (secondary N) is 1. The lowest BCUT2D eigenvalue weighted by atomic mass is 10.2. The molecule has 15 heavy (non-hydrogen) atoms. The molecule has 3 nitrogen and oxygen atoms in total. The number of carbonyl (C=O) groups is 1. The third-order valence-corrected chi connectivity index (χ3v) is 2.12. The Hall–Kier alpha value is -1.66. The first-order valence-electron chi connectivity index (χ1n) is 4.30. The van der Waals surface area contributed by atoms with Gasteiger partial charge in [0.15, 0.2) is 0 Å². The molecule has 0 radical (unpaired) electrons. The highest BCUT2D eigenvalue weighted by atomic mass is 35.5. The summed E-state index contributed by atoms with van der Waals surface area (Å²) < 4.78 is 0. The number of carbonyl (C=O) groups excluding carboxylic acids is 1. The van der Waals surface area contributed by atoms with Gasteiger partial charge >= 0.3 is 0 Å². The van der Waals surface area contributed by atoms with Gasteiger partial charge < -0.3 is 10.4 Å². The van der Waals surface area contributed by atoms with Crippen LogP contribution in [0.3, 0.4) is 0 Å². The van der Waals surface area contributed by atoms with Crippen LogP contribution in [0.15, 0.2) is 18.2 Å². The Morgan fingerprint density at radius 1 is 1.67 bits per heavy atom. The van der Waals surface area contributed by atoms with Crippen molar-refractivity contribution in [1.29, 1.82) is 0 Å². The van der Waals surface area contributed by atoms with Gasteiger partial charge in [0.05, 0.1) is 16.6 Å². The maximum absolute atomic E-state index is 11.6. The first-order valence-corrected chi connectivity index (χ1v) is 4.68. The Morgan fingerprint density at radius 3 is 2.93 bits per heavy atom. The van der Waals surface area contributed by atoms with E-state index < -0.39 is 5.91 Å². The molecular weight excluding hydrogens is 214 g/mol. The van der Waals surface area contributed by atoms with E-state index in [0.29, 0.717) is 0 Å². The van der Waals surface area contributed by atoms with E-state index in [1.807, 2.05) is 0 Å². The zero-order valence-corrected chi connectivity index (χ0v) is 8.88. The molecule has 0 saturated carbocycles. The molecular formula is C11H10ClNO2. The summed E-state index contributed by atoms with van der Waals surface area (Å²) >= 11 is 5.79. The molecule has 0 aliphatic carbocycles. The van der Waals surface area contributed by atoms with Gasteiger partial charge in [-0.2, -0.15) is 0 Å². The van der Waals surface area contributed by atoms with E-state index in [-0.39, 0.29) is 22.4 Å². The number of aromatic hydroxyl groups is 1. The van der Waals surface area contributed by atoms with Crippen molar-refractivity contribution >= 4 is 17.5 Å². The van der Waals surface area contributed by atoms with E-state index in [9.17, 15) is 9.90 Å². The number of terminal acetylenes is 1. The van der Waals surface area contributed by atoms with Gasteiger partial charge in [0.2, 0.25) is 0 Å². The molecule has 0 saturated heterocycles. The van der Waals surface area contributed by atoms with E-state index in [1.165, 1.54) is 18.2 Å². The molecule has 0 aliphatic heterocycles. The van der Waals surface area contributed by atoms with Gasteiger partial charge in [-0.15, -0.1) is 6.42 Å². The van der Waals surface area contributed by atoms with Crippen molar-refractivity contribution < 1.29 is 9.90 Å². The lowest BCUT2D eigenvalue weighted by Gasteiger charge is -2.09. The van der Waals surface area contributed by atoms with Crippen LogP contribution in [0.25, 0.3) is 0 Å². The summed E-state index contributed by atoms with van der Waals surface area (Å²) in [5, 5.41) is 12.0. The van der Waals surface area contributed by atoms with E-state index in [2.05, 4.69) is 11.2 Å². The first kappa shape index (κ1) is 11.4. The third-order valence-electron chi connectivity index (χ3n) is 1.79. The van der Waals surface area contributed by atoms with Crippen molar-refractivity contribution in [2.24, 2.45) is 0 Å². The lowest BCUT2D eigenvalue weighted by molar-refractivity contribution is 0.0948. The molecule has 2 N–H and O–H groups in total. The SMILES string of the molecule is C#CC(C)NC(=O)c1cc(O)ccc1Cl. The van der Waals surface area contributed by atoms with Crippen LogP contribution in [-0.4, -0.2) is 17.1 Å². The number of rotatable bonds is 2. The minimum absolute atomic E-state index is 0.0158. The van der Waals surface area contributed by atoms with Crippen molar-refractivity contribution in [3.8, 4) is 18.1 Å². The van der Waals surface area contributed by atoms with Gasteiger partial charge in [0, 0.05) is 0 Å². The number of phenolic OH excluding ortho intramolecular Hbond substituents is 1. The normalized spacial score (nSPS) is 11.5. The Bertz CT molecular complexity index is 423. The second-order valence-corrected chi connectivity index (χ2v) is 3.43. The van der Waals surface area contributed by atoms with Crippen LogP contribution in [0.5, 0.6) is 5.75 Å². The number of amides is 1. The predicted octanol–water partition coefficient (Wildman–Crippen LogP) is 1.80. The largest absolute Gasteiger partial charge is 0.508 e. The Kier molecular flexibility index (Phi) is 3.59. The van der Waals surface area contributed by atoms with Gasteiger partial charge in [-0.1, -0.05) is 17.5 Å². The zero-order valence-electron chi connectivity index (χ0n) is 8.12. The maximum atomic E-state index is 11.6. The first-order chi connectivity index (χ1) is 7.04. The van der Waals surface area contributed by atoms with Crippen LogP contribution in [0, 0.1) is 12.3 Å². The average Bonchev–Trinajstić information content (AvgIpc) is 2.21. The topological polar surface area (TPSA) is 49.3 Å². The highest BCUT2D eigenvalue weighted by Crippen LogP contribution is 2.20. The summed E-state index contributed by atoms with van der Waals surface area (Å²) in [5.74, 6) is 1.94. The zero-order chi connectivity index (χ0) is 11.4. The van der Waals surface area contributed by atoms with Crippen LogP contribution in [0.2, 0.25) is 5.02 Å². The van der Waals surface area contributed by atoms with Gasteiger partial charge in [0.25, 0.3) is 5.91 Å². The third kappa shape index (κ3) is 2.90. The Morgan fingerprint density at radius 2 is 2.33 bits per heavy atom. The van der Waals surface area contributed by atoms with Gasteiger partial charge in [-0.3, -0.25) is 4.79 Å². The number of phenols is 1. The Labute approximate surface area is 93.1 Å². The van der Waals surface area contributed by atoms with E-state index in [0.717, 1.165) is 0 Å². The van der Waals surface area contributed by atoms with Crippen LogP contribution in [-0.2, 0) is 0 Å². The number of benzene rings is 1. The quantitative estimate of drug-likeness (QED) is 0.752. The van der Waals surface area contributed by atoms with Crippen LogP contribution < -0.4 is 5.32 Å². The van der Waals surface area contributed by atoms with E-state index >= 15 is 0 Å². The highest BCUT2D eigenvalue weighted by Gasteiger charge is 2.12. The molecule has 78 valence electrons. The summed E-state index contributed by atoms with van der Waals surface area (Å²) in [5.41, 5.74) is 0.207. The maximum Gasteiger partial charge on any atom is 0.253 e. The molecule has 1 rings (SSSR count). The van der Waals surface area contributed by atoms with Crippen molar-refractivity contribution in [2.45, 2.75) is 13.0 Å². The summed E-state index contributed by atoms with van der Waals surface area (Å²) in [4.78, 5) is 11.6. The minimum Gasteiger partial charge on any atom is -0.508 e. The molecule has 1 aromatic carbocycles. The summed E-state index contributed by atoms with van der Waals surface area (Å²) in [6, 6.07) is 3.77. The second kappa shape index (κ2) is 4.72. The molecule has 0 heterocycles. The minimum atomic E-state index is -0.402. The average molecular weight is 224 g/mol. The fraction of sp³-hybridized carbons (Fsp3) is 0.182. The molecule has 1 aromatic rings. The number of halogens is 1. The van der Waals surface area contributed by atoms with Gasteiger partial charge in [-0.05, 0) is 25.1 Å². The van der Waals surface area contributed by atoms with Crippen LogP contribution in [0.4, 0.5) is 0 Å². The lowest BCUT2D eigenvalue weighted by Crippen LogP contribution is -2.31. The van der Waals surface area contributed by atoms with Crippen LogP contribution >= 0.6 is 11.6 Å². The van der Waals surface area contributed by atoms with Crippen molar-refractivity contribution in [3.05, 3.63) is 28.8 Å². The van der Waals surface area contributed by atoms with Gasteiger partial charge in [-0.25, -0.2) is 0 Å².